The lowest BCUT2D eigenvalue weighted by Gasteiger charge is -2.08. The van der Waals surface area contributed by atoms with E-state index in [2.05, 4.69) is 32.9 Å². The minimum atomic E-state index is 0.958. The van der Waals surface area contributed by atoms with Crippen molar-refractivity contribution in [2.75, 3.05) is 7.11 Å². The number of methoxy groups -OCH3 is 1. The molecular formula is C11H15O. The maximum atomic E-state index is 5.17. The van der Waals surface area contributed by atoms with Crippen molar-refractivity contribution >= 4 is 0 Å². The van der Waals surface area contributed by atoms with Crippen molar-refractivity contribution in [1.82, 2.24) is 0 Å². The van der Waals surface area contributed by atoms with Crippen LogP contribution in [0.2, 0.25) is 0 Å². The molecule has 0 heterocycles. The summed E-state index contributed by atoms with van der Waals surface area (Å²) in [6.45, 7) is 6.29. The van der Waals surface area contributed by atoms with Crippen LogP contribution >= 0.6 is 0 Å². The zero-order valence-electron chi connectivity index (χ0n) is 8.14. The zero-order valence-corrected chi connectivity index (χ0v) is 8.14. The van der Waals surface area contributed by atoms with Crippen molar-refractivity contribution in [2.45, 2.75) is 20.8 Å². The largest absolute Gasteiger partial charge is 0.496 e. The molecule has 12 heavy (non-hydrogen) atoms. The average Bonchev–Trinajstić information content (AvgIpc) is 2.04. The first-order valence-electron chi connectivity index (χ1n) is 4.10. The molecular weight excluding hydrogens is 148 g/mol. The molecule has 1 rings (SSSR count). The van der Waals surface area contributed by atoms with E-state index in [1.54, 1.807) is 7.11 Å². The first-order valence-corrected chi connectivity index (χ1v) is 4.10. The molecule has 0 fully saturated rings. The first-order chi connectivity index (χ1) is 5.65. The van der Waals surface area contributed by atoms with Gasteiger partial charge in [0.15, 0.2) is 0 Å². The third-order valence-corrected chi connectivity index (χ3v) is 1.97. The van der Waals surface area contributed by atoms with Gasteiger partial charge in [-0.2, -0.15) is 0 Å². The second-order valence-electron chi connectivity index (χ2n) is 3.18. The van der Waals surface area contributed by atoms with E-state index >= 15 is 0 Å². The minimum absolute atomic E-state index is 0.958. The first kappa shape index (κ1) is 9.11. The highest BCUT2D eigenvalue weighted by atomic mass is 16.5. The van der Waals surface area contributed by atoms with Gasteiger partial charge in [0.1, 0.15) is 5.75 Å². The standard InChI is InChI=1S/C11H15O/c1-8(2)10-5-6-11(12-4)9(3)7-10/h5-7H,1-4H3. The van der Waals surface area contributed by atoms with Crippen LogP contribution in [0, 0.1) is 12.8 Å². The number of benzene rings is 1. The number of rotatable bonds is 2. The molecule has 0 bridgehead atoms. The molecule has 1 heteroatoms. The molecule has 0 N–H and O–H groups in total. The van der Waals surface area contributed by atoms with E-state index in [1.807, 2.05) is 6.07 Å². The predicted octanol–water partition coefficient (Wildman–Crippen LogP) is 2.97. The lowest BCUT2D eigenvalue weighted by atomic mass is 10.0. The lowest BCUT2D eigenvalue weighted by Crippen LogP contribution is -1.92. The normalized spacial score (nSPS) is 10.4. The van der Waals surface area contributed by atoms with Gasteiger partial charge in [-0.1, -0.05) is 26.0 Å². The fourth-order valence-corrected chi connectivity index (χ4v) is 1.19. The van der Waals surface area contributed by atoms with Gasteiger partial charge in [0.25, 0.3) is 0 Å². The summed E-state index contributed by atoms with van der Waals surface area (Å²) < 4.78 is 5.17. The van der Waals surface area contributed by atoms with Crippen LogP contribution < -0.4 is 4.74 Å². The second-order valence-corrected chi connectivity index (χ2v) is 3.18. The maximum absolute atomic E-state index is 5.17. The molecule has 1 aromatic carbocycles. The number of ether oxygens (including phenoxy) is 1. The Labute approximate surface area is 74.4 Å². The van der Waals surface area contributed by atoms with Crippen LogP contribution in [0.1, 0.15) is 25.0 Å². The third-order valence-electron chi connectivity index (χ3n) is 1.97. The Bertz CT molecular complexity index is 264. The number of aryl methyl sites for hydroxylation is 1. The van der Waals surface area contributed by atoms with Crippen molar-refractivity contribution < 1.29 is 4.74 Å². The molecule has 0 unspecified atom stereocenters. The SMILES string of the molecule is COc1ccc([C](C)C)cc1C. The molecule has 0 spiro atoms. The van der Waals surface area contributed by atoms with Crippen molar-refractivity contribution in [3.05, 3.63) is 35.2 Å². The highest BCUT2D eigenvalue weighted by Gasteiger charge is 2.02. The van der Waals surface area contributed by atoms with Gasteiger partial charge in [0, 0.05) is 0 Å². The summed E-state index contributed by atoms with van der Waals surface area (Å²) in [6.07, 6.45) is 0. The smallest absolute Gasteiger partial charge is 0.121 e. The summed E-state index contributed by atoms with van der Waals surface area (Å²) in [7, 11) is 1.70. The van der Waals surface area contributed by atoms with E-state index in [4.69, 9.17) is 4.74 Å². The Morgan fingerprint density at radius 3 is 2.33 bits per heavy atom. The van der Waals surface area contributed by atoms with Crippen LogP contribution in [0.4, 0.5) is 0 Å². The maximum Gasteiger partial charge on any atom is 0.121 e. The van der Waals surface area contributed by atoms with E-state index in [1.165, 1.54) is 17.0 Å². The van der Waals surface area contributed by atoms with Crippen LogP contribution in [0.15, 0.2) is 18.2 Å². The summed E-state index contributed by atoms with van der Waals surface area (Å²) in [6, 6.07) is 6.24. The summed E-state index contributed by atoms with van der Waals surface area (Å²) in [4.78, 5) is 0. The van der Waals surface area contributed by atoms with Gasteiger partial charge in [-0.05, 0) is 30.0 Å². The molecule has 0 saturated carbocycles. The molecule has 0 atom stereocenters. The molecule has 0 amide bonds. The Kier molecular flexibility index (Phi) is 2.74. The van der Waals surface area contributed by atoms with E-state index in [0.717, 1.165) is 5.75 Å². The Hall–Kier alpha value is -0.980. The molecule has 0 aliphatic carbocycles. The fourth-order valence-electron chi connectivity index (χ4n) is 1.19. The lowest BCUT2D eigenvalue weighted by molar-refractivity contribution is 0.411. The van der Waals surface area contributed by atoms with Gasteiger partial charge in [-0.25, -0.2) is 0 Å². The molecule has 1 aromatic rings. The van der Waals surface area contributed by atoms with E-state index in [0.29, 0.717) is 0 Å². The monoisotopic (exact) mass is 163 g/mol. The summed E-state index contributed by atoms with van der Waals surface area (Å²) in [5, 5.41) is 0. The Balaban J connectivity index is 3.02. The minimum Gasteiger partial charge on any atom is -0.496 e. The van der Waals surface area contributed by atoms with Crippen LogP contribution in [-0.4, -0.2) is 7.11 Å². The number of hydrogen-bond donors (Lipinski definition) is 0. The summed E-state index contributed by atoms with van der Waals surface area (Å²) in [5.74, 6) is 2.29. The molecule has 65 valence electrons. The van der Waals surface area contributed by atoms with Crippen molar-refractivity contribution in [3.63, 3.8) is 0 Å². The molecule has 0 aliphatic heterocycles. The van der Waals surface area contributed by atoms with Crippen molar-refractivity contribution in [2.24, 2.45) is 0 Å². The zero-order chi connectivity index (χ0) is 9.14. The average molecular weight is 163 g/mol. The van der Waals surface area contributed by atoms with Crippen molar-refractivity contribution in [3.8, 4) is 5.75 Å². The quantitative estimate of drug-likeness (QED) is 0.651. The van der Waals surface area contributed by atoms with Gasteiger partial charge in [-0.15, -0.1) is 0 Å². The second kappa shape index (κ2) is 3.61. The highest BCUT2D eigenvalue weighted by molar-refractivity contribution is 5.40. The predicted molar refractivity (Wildman–Crippen MR) is 51.4 cm³/mol. The van der Waals surface area contributed by atoms with Crippen molar-refractivity contribution in [1.29, 1.82) is 0 Å². The fraction of sp³-hybridized carbons (Fsp3) is 0.364. The topological polar surface area (TPSA) is 9.23 Å². The molecule has 1 radical (unpaired) electrons. The van der Waals surface area contributed by atoms with E-state index in [-0.39, 0.29) is 0 Å². The van der Waals surface area contributed by atoms with Gasteiger partial charge in [0.2, 0.25) is 0 Å². The Morgan fingerprint density at radius 1 is 1.25 bits per heavy atom. The van der Waals surface area contributed by atoms with Gasteiger partial charge < -0.3 is 4.74 Å². The highest BCUT2D eigenvalue weighted by Crippen LogP contribution is 2.22. The molecule has 0 aromatic heterocycles. The van der Waals surface area contributed by atoms with Crippen LogP contribution in [0.3, 0.4) is 0 Å². The van der Waals surface area contributed by atoms with Gasteiger partial charge >= 0.3 is 0 Å². The van der Waals surface area contributed by atoms with Gasteiger partial charge in [0.05, 0.1) is 7.11 Å². The Morgan fingerprint density at radius 2 is 1.92 bits per heavy atom. The summed E-state index contributed by atoms with van der Waals surface area (Å²) >= 11 is 0. The summed E-state index contributed by atoms with van der Waals surface area (Å²) in [5.41, 5.74) is 2.48. The molecule has 1 nitrogen and oxygen atoms in total. The van der Waals surface area contributed by atoms with E-state index < -0.39 is 0 Å². The van der Waals surface area contributed by atoms with Gasteiger partial charge in [-0.3, -0.25) is 0 Å². The van der Waals surface area contributed by atoms with E-state index in [9.17, 15) is 0 Å². The number of hydrogen-bond acceptors (Lipinski definition) is 1. The third kappa shape index (κ3) is 1.79. The van der Waals surface area contributed by atoms with Crippen LogP contribution in [0.25, 0.3) is 0 Å². The van der Waals surface area contributed by atoms with Crippen LogP contribution in [-0.2, 0) is 0 Å². The molecule has 0 aliphatic rings. The molecule has 0 saturated heterocycles. The van der Waals surface area contributed by atoms with Crippen LogP contribution in [0.5, 0.6) is 5.75 Å².